The lowest BCUT2D eigenvalue weighted by Crippen LogP contribution is -2.31. The van der Waals surface area contributed by atoms with Crippen molar-refractivity contribution in [1.29, 1.82) is 0 Å². The number of imidazole rings is 1. The molecule has 3 aromatic rings. The third kappa shape index (κ3) is 2.12. The summed E-state index contributed by atoms with van der Waals surface area (Å²) in [4.78, 5) is 31.3. The molecule has 1 saturated heterocycles. The van der Waals surface area contributed by atoms with Gasteiger partial charge >= 0.3 is 0 Å². The van der Waals surface area contributed by atoms with E-state index in [4.69, 9.17) is 0 Å². The van der Waals surface area contributed by atoms with Gasteiger partial charge in [0.2, 0.25) is 5.91 Å². The van der Waals surface area contributed by atoms with Crippen LogP contribution in [-0.4, -0.2) is 21.4 Å². The van der Waals surface area contributed by atoms with E-state index in [1.807, 2.05) is 60.9 Å². The Bertz CT molecular complexity index is 974. The number of aryl methyl sites for hydroxylation is 2. The number of nitrogens with zero attached hydrogens (tertiary/aromatic N) is 3. The Balaban J connectivity index is 1.79. The molecule has 0 unspecified atom stereocenters. The van der Waals surface area contributed by atoms with Gasteiger partial charge in [-0.2, -0.15) is 0 Å². The minimum absolute atomic E-state index is 0.161. The summed E-state index contributed by atoms with van der Waals surface area (Å²) in [7, 11) is 0. The highest BCUT2D eigenvalue weighted by atomic mass is 16.2. The first-order valence-corrected chi connectivity index (χ1v) is 7.93. The van der Waals surface area contributed by atoms with Gasteiger partial charge in [0.15, 0.2) is 0 Å². The number of hydrogen-bond acceptors (Lipinski definition) is 3. The fourth-order valence-electron chi connectivity index (χ4n) is 3.41. The van der Waals surface area contributed by atoms with E-state index in [1.165, 1.54) is 4.90 Å². The highest BCUT2D eigenvalue weighted by Crippen LogP contribution is 2.33. The molecule has 0 spiro atoms. The van der Waals surface area contributed by atoms with Crippen molar-refractivity contribution in [2.45, 2.75) is 26.3 Å². The molecule has 0 radical (unpaired) electrons. The lowest BCUT2D eigenvalue weighted by molar-refractivity contribution is -0.122. The summed E-state index contributed by atoms with van der Waals surface area (Å²) >= 11 is 0. The predicted molar refractivity (Wildman–Crippen MR) is 91.8 cm³/mol. The number of para-hydroxylation sites is 2. The molecule has 0 bridgehead atoms. The Hall–Kier alpha value is -2.95. The van der Waals surface area contributed by atoms with Crippen molar-refractivity contribution in [2.24, 2.45) is 0 Å². The number of carbonyl (C=O) groups excluding carboxylic acids is 2. The van der Waals surface area contributed by atoms with Gasteiger partial charge in [-0.1, -0.05) is 24.3 Å². The van der Waals surface area contributed by atoms with E-state index in [2.05, 4.69) is 4.98 Å². The number of carbonyl (C=O) groups is 2. The first-order chi connectivity index (χ1) is 11.6. The molecule has 24 heavy (non-hydrogen) atoms. The third-order valence-electron chi connectivity index (χ3n) is 4.47. The summed E-state index contributed by atoms with van der Waals surface area (Å²) < 4.78 is 1.88. The number of imide groups is 1. The molecule has 5 nitrogen and oxygen atoms in total. The number of aromatic nitrogens is 2. The fourth-order valence-corrected chi connectivity index (χ4v) is 3.41. The summed E-state index contributed by atoms with van der Waals surface area (Å²) in [5.41, 5.74) is 3.37. The van der Waals surface area contributed by atoms with Gasteiger partial charge in [-0.3, -0.25) is 9.59 Å². The number of rotatable bonds is 2. The number of fused-ring (bicyclic) bond motifs is 1. The zero-order valence-electron chi connectivity index (χ0n) is 13.6. The van der Waals surface area contributed by atoms with Gasteiger partial charge in [-0.15, -0.1) is 0 Å². The van der Waals surface area contributed by atoms with E-state index in [-0.39, 0.29) is 18.2 Å². The quantitative estimate of drug-likeness (QED) is 0.682. The van der Waals surface area contributed by atoms with Crippen molar-refractivity contribution < 1.29 is 9.59 Å². The second-order valence-corrected chi connectivity index (χ2v) is 6.14. The summed E-state index contributed by atoms with van der Waals surface area (Å²) in [6.45, 7) is 3.81. The minimum atomic E-state index is -0.537. The molecular formula is C19H17N3O2. The summed E-state index contributed by atoms with van der Waals surface area (Å²) in [5.74, 6) is 0.373. The number of hydrogen-bond donors (Lipinski definition) is 0. The second-order valence-electron chi connectivity index (χ2n) is 6.14. The maximum atomic E-state index is 13.0. The standard InChI is InChI=1S/C19H17N3O2/c1-12-6-5-7-14(10-12)22-18(23)11-17(19(22)24)21-13(2)20-15-8-3-4-9-16(15)21/h3-10,17H,11H2,1-2H3/t17-/m1/s1. The molecule has 2 heterocycles. The van der Waals surface area contributed by atoms with Crippen LogP contribution < -0.4 is 4.90 Å². The van der Waals surface area contributed by atoms with Crippen LogP contribution in [0.3, 0.4) is 0 Å². The Morgan fingerprint density at radius 3 is 2.62 bits per heavy atom. The maximum absolute atomic E-state index is 13.0. The van der Waals surface area contributed by atoms with E-state index >= 15 is 0 Å². The van der Waals surface area contributed by atoms with E-state index in [1.54, 1.807) is 6.07 Å². The maximum Gasteiger partial charge on any atom is 0.257 e. The summed E-state index contributed by atoms with van der Waals surface area (Å²) in [6, 6.07) is 14.6. The van der Waals surface area contributed by atoms with Gasteiger partial charge in [0, 0.05) is 0 Å². The average Bonchev–Trinajstić information content (AvgIpc) is 3.02. The van der Waals surface area contributed by atoms with Crippen LogP contribution in [0.15, 0.2) is 48.5 Å². The third-order valence-corrected chi connectivity index (χ3v) is 4.47. The first-order valence-electron chi connectivity index (χ1n) is 7.93. The molecular weight excluding hydrogens is 302 g/mol. The van der Waals surface area contributed by atoms with Crippen molar-refractivity contribution in [3.05, 3.63) is 59.9 Å². The van der Waals surface area contributed by atoms with Crippen LogP contribution in [0.4, 0.5) is 5.69 Å². The molecule has 0 aliphatic carbocycles. The monoisotopic (exact) mass is 319 g/mol. The highest BCUT2D eigenvalue weighted by molar-refractivity contribution is 6.22. The Morgan fingerprint density at radius 2 is 1.83 bits per heavy atom. The molecule has 2 aromatic carbocycles. The van der Waals surface area contributed by atoms with Crippen LogP contribution in [0.5, 0.6) is 0 Å². The van der Waals surface area contributed by atoms with Crippen LogP contribution in [-0.2, 0) is 9.59 Å². The van der Waals surface area contributed by atoms with Crippen molar-refractivity contribution in [1.82, 2.24) is 9.55 Å². The van der Waals surface area contributed by atoms with Crippen LogP contribution >= 0.6 is 0 Å². The Kier molecular flexibility index (Phi) is 3.23. The molecule has 1 aliphatic heterocycles. The van der Waals surface area contributed by atoms with Gasteiger partial charge < -0.3 is 4.57 Å². The fraction of sp³-hybridized carbons (Fsp3) is 0.211. The van der Waals surface area contributed by atoms with Gasteiger partial charge in [0.25, 0.3) is 5.91 Å². The molecule has 0 N–H and O–H groups in total. The van der Waals surface area contributed by atoms with Crippen LogP contribution in [0.2, 0.25) is 0 Å². The lowest BCUT2D eigenvalue weighted by atomic mass is 10.2. The van der Waals surface area contributed by atoms with Crippen molar-refractivity contribution in [3.63, 3.8) is 0 Å². The lowest BCUT2D eigenvalue weighted by Gasteiger charge is -2.17. The van der Waals surface area contributed by atoms with Crippen LogP contribution in [0, 0.1) is 13.8 Å². The van der Waals surface area contributed by atoms with Crippen LogP contribution in [0.1, 0.15) is 23.9 Å². The van der Waals surface area contributed by atoms with E-state index in [0.29, 0.717) is 5.69 Å². The van der Waals surface area contributed by atoms with Crippen molar-refractivity contribution >= 4 is 28.5 Å². The Labute approximate surface area is 139 Å². The molecule has 2 amide bonds. The molecule has 120 valence electrons. The normalized spacial score (nSPS) is 17.9. The highest BCUT2D eigenvalue weighted by Gasteiger charge is 2.41. The first kappa shape index (κ1) is 14.6. The van der Waals surface area contributed by atoms with Crippen LogP contribution in [0.25, 0.3) is 11.0 Å². The van der Waals surface area contributed by atoms with Gasteiger partial charge in [-0.25, -0.2) is 9.88 Å². The molecule has 1 aromatic heterocycles. The van der Waals surface area contributed by atoms with E-state index in [0.717, 1.165) is 22.4 Å². The molecule has 0 saturated carbocycles. The summed E-state index contributed by atoms with van der Waals surface area (Å²) in [6.07, 6.45) is 0.161. The average molecular weight is 319 g/mol. The van der Waals surface area contributed by atoms with Gasteiger partial charge in [0.1, 0.15) is 11.9 Å². The molecule has 1 aliphatic rings. The molecule has 4 rings (SSSR count). The zero-order chi connectivity index (χ0) is 16.8. The largest absolute Gasteiger partial charge is 0.315 e. The number of amides is 2. The van der Waals surface area contributed by atoms with Gasteiger partial charge in [0.05, 0.1) is 23.1 Å². The smallest absolute Gasteiger partial charge is 0.257 e. The second kappa shape index (κ2) is 5.30. The SMILES string of the molecule is Cc1cccc(N2C(=O)C[C@@H](n3c(C)nc4ccccc43)C2=O)c1. The molecule has 5 heteroatoms. The van der Waals surface area contributed by atoms with E-state index in [9.17, 15) is 9.59 Å². The summed E-state index contributed by atoms with van der Waals surface area (Å²) in [5, 5.41) is 0. The topological polar surface area (TPSA) is 55.2 Å². The number of benzene rings is 2. The van der Waals surface area contributed by atoms with E-state index < -0.39 is 6.04 Å². The van der Waals surface area contributed by atoms with Gasteiger partial charge in [-0.05, 0) is 43.7 Å². The molecule has 1 atom stereocenters. The zero-order valence-corrected chi connectivity index (χ0v) is 13.6. The Morgan fingerprint density at radius 1 is 1.04 bits per heavy atom. The molecule has 1 fully saturated rings. The minimum Gasteiger partial charge on any atom is -0.315 e. The van der Waals surface area contributed by atoms with Crippen molar-refractivity contribution in [2.75, 3.05) is 4.90 Å². The predicted octanol–water partition coefficient (Wildman–Crippen LogP) is 3.16. The number of anilines is 1. The van der Waals surface area contributed by atoms with Crippen molar-refractivity contribution in [3.8, 4) is 0 Å².